The summed E-state index contributed by atoms with van der Waals surface area (Å²) in [6.07, 6.45) is -0.638. The third-order valence-electron chi connectivity index (χ3n) is 4.92. The smallest absolute Gasteiger partial charge is 0.352 e. The minimum Gasteiger partial charge on any atom is -0.477 e. The van der Waals surface area contributed by atoms with Crippen molar-refractivity contribution in [2.24, 2.45) is 0 Å². The van der Waals surface area contributed by atoms with E-state index in [1.54, 1.807) is 32.0 Å². The number of aliphatic hydroxyl groups excluding tert-OH is 2. The number of aryl methyl sites for hydroxylation is 1. The molecule has 2 N–H and O–H groups in total. The van der Waals surface area contributed by atoms with Gasteiger partial charge in [-0.25, -0.2) is 4.79 Å². The molecule has 1 aromatic heterocycles. The normalized spacial score (nSPS) is 22.4. The molecule has 4 atom stereocenters. The molecular formula is C19H23N3O7. The zero-order chi connectivity index (χ0) is 21.1. The van der Waals surface area contributed by atoms with E-state index in [4.69, 9.17) is 9.47 Å². The minimum absolute atomic E-state index is 0.0130. The number of hydrogen-bond acceptors (Lipinski definition) is 8. The number of benzene rings is 1. The van der Waals surface area contributed by atoms with Crippen LogP contribution in [0, 0.1) is 17.0 Å². The van der Waals surface area contributed by atoms with Crippen LogP contribution >= 0.6 is 0 Å². The summed E-state index contributed by atoms with van der Waals surface area (Å²) in [4.78, 5) is 27.1. The number of aliphatic hydroxyl groups is 2. The Morgan fingerprint density at radius 3 is 2.83 bits per heavy atom. The molecule has 2 heterocycles. The summed E-state index contributed by atoms with van der Waals surface area (Å²) >= 11 is 0. The van der Waals surface area contributed by atoms with Crippen LogP contribution in [0.3, 0.4) is 0 Å². The minimum atomic E-state index is -0.865. The second-order valence-corrected chi connectivity index (χ2v) is 7.06. The molecular weight excluding hydrogens is 382 g/mol. The molecule has 0 radical (unpaired) electrons. The number of para-hydroxylation sites is 1. The lowest BCUT2D eigenvalue weighted by Crippen LogP contribution is -2.28. The third-order valence-corrected chi connectivity index (χ3v) is 4.92. The highest BCUT2D eigenvalue weighted by Crippen LogP contribution is 2.29. The van der Waals surface area contributed by atoms with E-state index in [1.807, 2.05) is 0 Å². The molecule has 1 aliphatic rings. The third kappa shape index (κ3) is 4.44. The molecule has 0 aliphatic carbocycles. The largest absolute Gasteiger partial charge is 0.477 e. The van der Waals surface area contributed by atoms with E-state index in [1.165, 1.54) is 16.8 Å². The maximum Gasteiger partial charge on any atom is 0.352 e. The van der Waals surface area contributed by atoms with E-state index in [0.717, 1.165) is 0 Å². The fraction of sp³-hybridized carbons (Fsp3) is 0.474. The van der Waals surface area contributed by atoms with Gasteiger partial charge in [-0.05, 0) is 6.92 Å². The van der Waals surface area contributed by atoms with Gasteiger partial charge < -0.3 is 19.7 Å². The van der Waals surface area contributed by atoms with Crippen LogP contribution in [-0.2, 0) is 4.74 Å². The summed E-state index contributed by atoms with van der Waals surface area (Å²) in [6, 6.07) is 6.43. The molecule has 10 heteroatoms. The molecule has 1 fully saturated rings. The average Bonchev–Trinajstić information content (AvgIpc) is 3.08. The van der Waals surface area contributed by atoms with Gasteiger partial charge in [-0.1, -0.05) is 25.1 Å². The number of ether oxygens (including phenoxy) is 2. The molecule has 1 aliphatic heterocycles. The summed E-state index contributed by atoms with van der Waals surface area (Å²) in [5, 5.41) is 30.2. The molecule has 2 aromatic rings. The zero-order valence-electron chi connectivity index (χ0n) is 16.1. The Hall–Kier alpha value is -2.82. The van der Waals surface area contributed by atoms with Crippen molar-refractivity contribution in [3.05, 3.63) is 62.2 Å². The maximum absolute atomic E-state index is 12.4. The van der Waals surface area contributed by atoms with Gasteiger partial charge >= 0.3 is 5.69 Å². The van der Waals surface area contributed by atoms with Crippen molar-refractivity contribution in [3.8, 4) is 5.88 Å². The second kappa shape index (κ2) is 8.68. The number of nitrogens with zero attached hydrogens (tertiary/aromatic N) is 3. The van der Waals surface area contributed by atoms with Crippen LogP contribution in [0.25, 0.3) is 0 Å². The van der Waals surface area contributed by atoms with Crippen LogP contribution in [0.4, 0.5) is 5.69 Å². The van der Waals surface area contributed by atoms with Crippen LogP contribution in [0.2, 0.25) is 0 Å². The second-order valence-electron chi connectivity index (χ2n) is 7.06. The highest BCUT2D eigenvalue weighted by Gasteiger charge is 2.35. The fourth-order valence-electron chi connectivity index (χ4n) is 3.32. The first-order valence-electron chi connectivity index (χ1n) is 9.22. The molecule has 1 aromatic carbocycles. The summed E-state index contributed by atoms with van der Waals surface area (Å²) in [5.41, 5.74) is 0.510. The van der Waals surface area contributed by atoms with Gasteiger partial charge in [0, 0.05) is 35.7 Å². The van der Waals surface area contributed by atoms with Gasteiger partial charge in [0.05, 0.1) is 24.2 Å². The number of rotatable bonds is 7. The topological polar surface area (TPSA) is 137 Å². The number of hydrogen-bond donors (Lipinski definition) is 2. The van der Waals surface area contributed by atoms with Crippen molar-refractivity contribution in [2.45, 2.75) is 44.6 Å². The Labute approximate surface area is 166 Å². The Bertz CT molecular complexity index is 946. The molecule has 29 heavy (non-hydrogen) atoms. The van der Waals surface area contributed by atoms with Crippen molar-refractivity contribution in [2.75, 3.05) is 13.2 Å². The van der Waals surface area contributed by atoms with Gasteiger partial charge in [0.15, 0.2) is 0 Å². The monoisotopic (exact) mass is 405 g/mol. The molecule has 3 rings (SSSR count). The fourth-order valence-corrected chi connectivity index (χ4v) is 3.32. The Balaban J connectivity index is 1.74. The summed E-state index contributed by atoms with van der Waals surface area (Å²) in [6.45, 7) is 3.27. The predicted octanol–water partition coefficient (Wildman–Crippen LogP) is 1.28. The lowest BCUT2D eigenvalue weighted by atomic mass is 10.0. The lowest BCUT2D eigenvalue weighted by Gasteiger charge is -2.17. The standard InChI is InChI=1S/C19H23N3O7/c1-11-8-21(17-7-15(24)16(9-23)29-17)19(25)20-18(11)28-10-12(2)13-5-3-4-6-14(13)22(26)27/h3-6,8,12,15-17,23-24H,7,9-10H2,1-2H3/t12?,15-,16-,17-/m1/s1. The summed E-state index contributed by atoms with van der Waals surface area (Å²) in [5.74, 6) is -0.159. The van der Waals surface area contributed by atoms with Gasteiger partial charge in [0.25, 0.3) is 5.69 Å². The van der Waals surface area contributed by atoms with E-state index >= 15 is 0 Å². The molecule has 0 amide bonds. The quantitative estimate of drug-likeness (QED) is 0.519. The van der Waals surface area contributed by atoms with Crippen LogP contribution < -0.4 is 10.4 Å². The molecule has 1 saturated heterocycles. The van der Waals surface area contributed by atoms with Gasteiger partial charge in [-0.3, -0.25) is 14.7 Å². The van der Waals surface area contributed by atoms with Gasteiger partial charge in [-0.2, -0.15) is 4.98 Å². The molecule has 10 nitrogen and oxygen atoms in total. The van der Waals surface area contributed by atoms with Gasteiger partial charge in [0.2, 0.25) is 5.88 Å². The molecule has 156 valence electrons. The number of nitro benzene ring substituents is 1. The van der Waals surface area contributed by atoms with Crippen LogP contribution in [-0.4, -0.2) is 50.1 Å². The molecule has 0 spiro atoms. The Morgan fingerprint density at radius 2 is 2.17 bits per heavy atom. The summed E-state index contributed by atoms with van der Waals surface area (Å²) < 4.78 is 12.4. The highest BCUT2D eigenvalue weighted by atomic mass is 16.6. The molecule has 1 unspecified atom stereocenters. The lowest BCUT2D eigenvalue weighted by molar-refractivity contribution is -0.385. The van der Waals surface area contributed by atoms with Gasteiger partial charge in [-0.15, -0.1) is 0 Å². The number of aromatic nitrogens is 2. The van der Waals surface area contributed by atoms with Crippen molar-refractivity contribution in [1.29, 1.82) is 0 Å². The molecule has 0 bridgehead atoms. The van der Waals surface area contributed by atoms with Crippen molar-refractivity contribution >= 4 is 5.69 Å². The first kappa shape index (κ1) is 20.9. The van der Waals surface area contributed by atoms with E-state index in [0.29, 0.717) is 11.1 Å². The van der Waals surface area contributed by atoms with E-state index in [2.05, 4.69) is 4.98 Å². The Morgan fingerprint density at radius 1 is 1.45 bits per heavy atom. The number of nitro groups is 1. The summed E-state index contributed by atoms with van der Waals surface area (Å²) in [7, 11) is 0. The SMILES string of the molecule is Cc1cn([C@H]2C[C@@H](O)[C@@H](CO)O2)c(=O)nc1OCC(C)c1ccccc1[N+](=O)[O-]. The van der Waals surface area contributed by atoms with Gasteiger partial charge in [0.1, 0.15) is 12.3 Å². The van der Waals surface area contributed by atoms with Crippen LogP contribution in [0.15, 0.2) is 35.3 Å². The first-order chi connectivity index (χ1) is 13.8. The van der Waals surface area contributed by atoms with E-state index in [-0.39, 0.29) is 37.1 Å². The first-order valence-corrected chi connectivity index (χ1v) is 9.22. The van der Waals surface area contributed by atoms with E-state index < -0.39 is 29.0 Å². The van der Waals surface area contributed by atoms with Crippen LogP contribution in [0.1, 0.15) is 36.6 Å². The van der Waals surface area contributed by atoms with E-state index in [9.17, 15) is 25.1 Å². The van der Waals surface area contributed by atoms with Crippen molar-refractivity contribution in [1.82, 2.24) is 9.55 Å². The maximum atomic E-state index is 12.4. The average molecular weight is 405 g/mol. The zero-order valence-corrected chi connectivity index (χ0v) is 16.1. The molecule has 0 saturated carbocycles. The van der Waals surface area contributed by atoms with Crippen molar-refractivity contribution in [3.63, 3.8) is 0 Å². The predicted molar refractivity (Wildman–Crippen MR) is 102 cm³/mol. The highest BCUT2D eigenvalue weighted by molar-refractivity contribution is 5.42. The van der Waals surface area contributed by atoms with Crippen LogP contribution in [0.5, 0.6) is 5.88 Å². The Kier molecular flexibility index (Phi) is 6.26. The van der Waals surface area contributed by atoms with Crippen molar-refractivity contribution < 1.29 is 24.6 Å².